The predicted molar refractivity (Wildman–Crippen MR) is 67.7 cm³/mol. The number of rotatable bonds is 7. The third-order valence-corrected chi connectivity index (χ3v) is 2.53. The van der Waals surface area contributed by atoms with Gasteiger partial charge in [-0.05, 0) is 31.2 Å². The van der Waals surface area contributed by atoms with Gasteiger partial charge in [-0.1, -0.05) is 19.4 Å². The second-order valence-corrected chi connectivity index (χ2v) is 4.11. The van der Waals surface area contributed by atoms with Crippen LogP contribution in [0.15, 0.2) is 24.3 Å². The first-order chi connectivity index (χ1) is 8.54. The van der Waals surface area contributed by atoms with E-state index in [9.17, 15) is 13.2 Å². The van der Waals surface area contributed by atoms with Crippen molar-refractivity contribution in [2.45, 2.75) is 25.9 Å². The summed E-state index contributed by atoms with van der Waals surface area (Å²) in [6.07, 6.45) is -2.03. The van der Waals surface area contributed by atoms with E-state index in [2.05, 4.69) is 17.6 Å². The maximum atomic E-state index is 12.5. The SMILES string of the molecule is CCCCNCCNc1cccc(C(F)(F)F)c1. The number of nitrogens with one attached hydrogen (secondary N) is 2. The van der Waals surface area contributed by atoms with Crippen molar-refractivity contribution >= 4 is 5.69 Å². The Morgan fingerprint density at radius 3 is 2.56 bits per heavy atom. The van der Waals surface area contributed by atoms with Crippen LogP contribution in [-0.2, 0) is 6.18 Å². The average Bonchev–Trinajstić information content (AvgIpc) is 2.33. The first-order valence-corrected chi connectivity index (χ1v) is 6.16. The molecule has 0 radical (unpaired) electrons. The Labute approximate surface area is 106 Å². The van der Waals surface area contributed by atoms with Gasteiger partial charge >= 0.3 is 6.18 Å². The fraction of sp³-hybridized carbons (Fsp3) is 0.538. The molecule has 0 amide bonds. The van der Waals surface area contributed by atoms with Crippen LogP contribution < -0.4 is 10.6 Å². The van der Waals surface area contributed by atoms with Gasteiger partial charge in [0.25, 0.3) is 0 Å². The lowest BCUT2D eigenvalue weighted by Gasteiger charge is -2.11. The lowest BCUT2D eigenvalue weighted by atomic mass is 10.2. The summed E-state index contributed by atoms with van der Waals surface area (Å²) in [5.41, 5.74) is -0.117. The van der Waals surface area contributed by atoms with Crippen molar-refractivity contribution in [1.82, 2.24) is 5.32 Å². The molecule has 0 heterocycles. The number of halogens is 3. The van der Waals surface area contributed by atoms with Crippen molar-refractivity contribution in [1.29, 1.82) is 0 Å². The lowest BCUT2D eigenvalue weighted by Crippen LogP contribution is -2.23. The molecule has 102 valence electrons. The molecule has 18 heavy (non-hydrogen) atoms. The van der Waals surface area contributed by atoms with E-state index in [1.165, 1.54) is 6.07 Å². The Morgan fingerprint density at radius 1 is 1.11 bits per heavy atom. The highest BCUT2D eigenvalue weighted by molar-refractivity contribution is 5.46. The van der Waals surface area contributed by atoms with Gasteiger partial charge in [-0.25, -0.2) is 0 Å². The summed E-state index contributed by atoms with van der Waals surface area (Å²) < 4.78 is 37.4. The summed E-state index contributed by atoms with van der Waals surface area (Å²) >= 11 is 0. The Balaban J connectivity index is 2.34. The number of benzene rings is 1. The van der Waals surface area contributed by atoms with Gasteiger partial charge in [-0.2, -0.15) is 13.2 Å². The molecule has 0 aromatic heterocycles. The summed E-state index contributed by atoms with van der Waals surface area (Å²) in [7, 11) is 0. The maximum Gasteiger partial charge on any atom is 0.416 e. The van der Waals surface area contributed by atoms with Gasteiger partial charge in [-0.15, -0.1) is 0 Å². The molecule has 1 rings (SSSR count). The zero-order valence-corrected chi connectivity index (χ0v) is 10.5. The molecule has 0 saturated heterocycles. The molecule has 1 aromatic carbocycles. The van der Waals surface area contributed by atoms with E-state index in [-0.39, 0.29) is 0 Å². The standard InChI is InChI=1S/C13H19F3N2/c1-2-3-7-17-8-9-18-12-6-4-5-11(10-12)13(14,15)16/h4-6,10,17-18H,2-3,7-9H2,1H3. The minimum Gasteiger partial charge on any atom is -0.384 e. The summed E-state index contributed by atoms with van der Waals surface area (Å²) in [4.78, 5) is 0. The summed E-state index contributed by atoms with van der Waals surface area (Å²) in [5, 5.41) is 6.19. The molecule has 0 fully saturated rings. The van der Waals surface area contributed by atoms with Gasteiger partial charge in [0.15, 0.2) is 0 Å². The zero-order chi connectivity index (χ0) is 13.4. The van der Waals surface area contributed by atoms with E-state index in [0.29, 0.717) is 12.2 Å². The quantitative estimate of drug-likeness (QED) is 0.733. The summed E-state index contributed by atoms with van der Waals surface area (Å²) in [5.74, 6) is 0. The van der Waals surface area contributed by atoms with Gasteiger partial charge in [0.1, 0.15) is 0 Å². The van der Waals surface area contributed by atoms with Crippen LogP contribution in [0.25, 0.3) is 0 Å². The van der Waals surface area contributed by atoms with Gasteiger partial charge in [-0.3, -0.25) is 0 Å². The van der Waals surface area contributed by atoms with Crippen molar-refractivity contribution in [2.75, 3.05) is 25.0 Å². The van der Waals surface area contributed by atoms with E-state index in [0.717, 1.165) is 38.1 Å². The molecule has 0 spiro atoms. The molecule has 0 aliphatic carbocycles. The smallest absolute Gasteiger partial charge is 0.384 e. The highest BCUT2D eigenvalue weighted by Gasteiger charge is 2.30. The van der Waals surface area contributed by atoms with Crippen LogP contribution in [0.5, 0.6) is 0 Å². The van der Waals surface area contributed by atoms with Crippen molar-refractivity contribution in [3.63, 3.8) is 0 Å². The second-order valence-electron chi connectivity index (χ2n) is 4.11. The van der Waals surface area contributed by atoms with Crippen LogP contribution in [0.1, 0.15) is 25.3 Å². The van der Waals surface area contributed by atoms with E-state index >= 15 is 0 Å². The third kappa shape index (κ3) is 5.40. The van der Waals surface area contributed by atoms with Gasteiger partial charge in [0, 0.05) is 18.8 Å². The van der Waals surface area contributed by atoms with Crippen LogP contribution in [-0.4, -0.2) is 19.6 Å². The highest BCUT2D eigenvalue weighted by atomic mass is 19.4. The van der Waals surface area contributed by atoms with Crippen molar-refractivity contribution in [3.05, 3.63) is 29.8 Å². The average molecular weight is 260 g/mol. The monoisotopic (exact) mass is 260 g/mol. The van der Waals surface area contributed by atoms with Crippen LogP contribution in [0.3, 0.4) is 0 Å². The number of unbranched alkanes of at least 4 members (excludes halogenated alkanes) is 1. The fourth-order valence-electron chi connectivity index (χ4n) is 1.53. The van der Waals surface area contributed by atoms with Crippen molar-refractivity contribution in [3.8, 4) is 0 Å². The van der Waals surface area contributed by atoms with Crippen molar-refractivity contribution in [2.24, 2.45) is 0 Å². The van der Waals surface area contributed by atoms with Crippen LogP contribution in [0.2, 0.25) is 0 Å². The van der Waals surface area contributed by atoms with Gasteiger partial charge < -0.3 is 10.6 Å². The van der Waals surface area contributed by atoms with Crippen LogP contribution >= 0.6 is 0 Å². The molecule has 0 atom stereocenters. The molecule has 0 saturated carbocycles. The maximum absolute atomic E-state index is 12.5. The Hall–Kier alpha value is -1.23. The third-order valence-electron chi connectivity index (χ3n) is 2.53. The second kappa shape index (κ2) is 7.26. The normalized spacial score (nSPS) is 11.6. The minimum atomic E-state index is -4.28. The molecule has 5 heteroatoms. The molecule has 0 unspecified atom stereocenters. The summed E-state index contributed by atoms with van der Waals surface area (Å²) in [6, 6.07) is 5.26. The number of anilines is 1. The van der Waals surface area contributed by atoms with Crippen LogP contribution in [0, 0.1) is 0 Å². The topological polar surface area (TPSA) is 24.1 Å². The molecular weight excluding hydrogens is 241 g/mol. The molecule has 0 aliphatic heterocycles. The van der Waals surface area contributed by atoms with E-state index < -0.39 is 11.7 Å². The fourth-order valence-corrected chi connectivity index (χ4v) is 1.53. The molecular formula is C13H19F3N2. The van der Waals surface area contributed by atoms with Crippen LogP contribution in [0.4, 0.5) is 18.9 Å². The van der Waals surface area contributed by atoms with Crippen molar-refractivity contribution < 1.29 is 13.2 Å². The molecule has 2 N–H and O–H groups in total. The van der Waals surface area contributed by atoms with E-state index in [4.69, 9.17) is 0 Å². The molecule has 1 aromatic rings. The van der Waals surface area contributed by atoms with E-state index in [1.54, 1.807) is 6.07 Å². The van der Waals surface area contributed by atoms with E-state index in [1.807, 2.05) is 0 Å². The first-order valence-electron chi connectivity index (χ1n) is 6.16. The Morgan fingerprint density at radius 2 is 1.89 bits per heavy atom. The predicted octanol–water partition coefficient (Wildman–Crippen LogP) is 3.51. The molecule has 0 bridgehead atoms. The molecule has 0 aliphatic rings. The number of alkyl halides is 3. The Bertz CT molecular complexity index is 350. The number of hydrogen-bond acceptors (Lipinski definition) is 2. The first kappa shape index (κ1) is 14.8. The highest BCUT2D eigenvalue weighted by Crippen LogP contribution is 2.30. The molecule has 2 nitrogen and oxygen atoms in total. The largest absolute Gasteiger partial charge is 0.416 e. The minimum absolute atomic E-state index is 0.502. The van der Waals surface area contributed by atoms with Gasteiger partial charge in [0.05, 0.1) is 5.56 Å². The van der Waals surface area contributed by atoms with Gasteiger partial charge in [0.2, 0.25) is 0 Å². The Kier molecular flexibility index (Phi) is 5.98. The zero-order valence-electron chi connectivity index (χ0n) is 10.5. The number of hydrogen-bond donors (Lipinski definition) is 2. The lowest BCUT2D eigenvalue weighted by molar-refractivity contribution is -0.137. The summed E-state index contributed by atoms with van der Waals surface area (Å²) in [6.45, 7) is 4.42.